The van der Waals surface area contributed by atoms with Crippen LogP contribution < -0.4 is 14.8 Å². The molecule has 2 amide bonds. The van der Waals surface area contributed by atoms with Crippen LogP contribution in [0.2, 0.25) is 0 Å². The van der Waals surface area contributed by atoms with Crippen LogP contribution in [-0.4, -0.2) is 63.0 Å². The Labute approximate surface area is 191 Å². The van der Waals surface area contributed by atoms with Crippen molar-refractivity contribution in [3.8, 4) is 11.5 Å². The fourth-order valence-corrected chi connectivity index (χ4v) is 4.66. The molecule has 4 rings (SSSR count). The van der Waals surface area contributed by atoms with Crippen LogP contribution in [0.4, 0.5) is 0 Å². The van der Waals surface area contributed by atoms with Gasteiger partial charge in [-0.15, -0.1) is 10.2 Å². The van der Waals surface area contributed by atoms with Gasteiger partial charge < -0.3 is 24.3 Å². The van der Waals surface area contributed by atoms with Crippen molar-refractivity contribution in [2.24, 2.45) is 0 Å². The molecule has 1 fully saturated rings. The maximum Gasteiger partial charge on any atom is 0.230 e. The van der Waals surface area contributed by atoms with Gasteiger partial charge >= 0.3 is 0 Å². The Hall–Kier alpha value is -2.75. The van der Waals surface area contributed by atoms with Crippen LogP contribution in [0.25, 0.3) is 0 Å². The third-order valence-electron chi connectivity index (χ3n) is 5.54. The SMILES string of the molecule is CCn1c(CN2CCCCCC2=O)nnc1SCC(=O)NCC1COc2ccccc2O1. The first-order chi connectivity index (χ1) is 15.6. The number of carbonyl (C=O) groups excluding carboxylic acids is 2. The van der Waals surface area contributed by atoms with Crippen LogP contribution in [0, 0.1) is 0 Å². The van der Waals surface area contributed by atoms with E-state index < -0.39 is 0 Å². The summed E-state index contributed by atoms with van der Waals surface area (Å²) in [4.78, 5) is 26.5. The zero-order valence-electron chi connectivity index (χ0n) is 18.3. The van der Waals surface area contributed by atoms with E-state index in [-0.39, 0.29) is 23.7 Å². The third-order valence-corrected chi connectivity index (χ3v) is 6.51. The molecule has 0 spiro atoms. The number of carbonyl (C=O) groups is 2. The van der Waals surface area contributed by atoms with Gasteiger partial charge in [0.25, 0.3) is 0 Å². The van der Waals surface area contributed by atoms with Gasteiger partial charge in [-0.1, -0.05) is 30.3 Å². The second kappa shape index (κ2) is 10.7. The summed E-state index contributed by atoms with van der Waals surface area (Å²) >= 11 is 1.34. The van der Waals surface area contributed by atoms with Gasteiger partial charge in [-0.05, 0) is 31.9 Å². The molecule has 1 atom stereocenters. The predicted molar refractivity (Wildman–Crippen MR) is 120 cm³/mol. The van der Waals surface area contributed by atoms with Gasteiger partial charge in [0.1, 0.15) is 12.7 Å². The minimum Gasteiger partial charge on any atom is -0.486 e. The summed E-state index contributed by atoms with van der Waals surface area (Å²) in [6.07, 6.45) is 3.44. The maximum atomic E-state index is 12.4. The molecule has 0 bridgehead atoms. The lowest BCUT2D eigenvalue weighted by molar-refractivity contribution is -0.131. The Morgan fingerprint density at radius 1 is 1.22 bits per heavy atom. The third kappa shape index (κ3) is 5.53. The van der Waals surface area contributed by atoms with Gasteiger partial charge in [-0.25, -0.2) is 0 Å². The number of nitrogens with one attached hydrogen (secondary N) is 1. The average molecular weight is 460 g/mol. The zero-order valence-corrected chi connectivity index (χ0v) is 19.1. The number of rotatable bonds is 8. The highest BCUT2D eigenvalue weighted by Crippen LogP contribution is 2.30. The number of likely N-dealkylation sites (tertiary alicyclic amines) is 1. The van der Waals surface area contributed by atoms with E-state index in [9.17, 15) is 9.59 Å². The highest BCUT2D eigenvalue weighted by atomic mass is 32.2. The molecule has 10 heteroatoms. The number of hydrogen-bond acceptors (Lipinski definition) is 7. The normalized spacial score (nSPS) is 18.3. The Morgan fingerprint density at radius 2 is 2.06 bits per heavy atom. The second-order valence-electron chi connectivity index (χ2n) is 7.86. The molecule has 2 aliphatic heterocycles. The standard InChI is InChI=1S/C22H29N5O4S/c1-2-27-19(13-26-11-7-3-4-10-21(26)29)24-25-22(27)32-15-20(28)23-12-16-14-30-17-8-5-6-9-18(17)31-16/h5-6,8-9,16H,2-4,7,10-15H2,1H3,(H,23,28). The van der Waals surface area contributed by atoms with Gasteiger partial charge in [0.15, 0.2) is 22.5 Å². The molecule has 1 aromatic heterocycles. The molecule has 32 heavy (non-hydrogen) atoms. The van der Waals surface area contributed by atoms with E-state index in [4.69, 9.17) is 9.47 Å². The van der Waals surface area contributed by atoms with E-state index in [0.29, 0.717) is 43.6 Å². The lowest BCUT2D eigenvalue weighted by atomic mass is 10.2. The van der Waals surface area contributed by atoms with Crippen LogP contribution in [-0.2, 0) is 22.7 Å². The van der Waals surface area contributed by atoms with Crippen LogP contribution in [0.15, 0.2) is 29.4 Å². The van der Waals surface area contributed by atoms with E-state index in [1.807, 2.05) is 40.7 Å². The number of hydrogen-bond donors (Lipinski definition) is 1. The first kappa shape index (κ1) is 22.4. The molecule has 1 N–H and O–H groups in total. The van der Waals surface area contributed by atoms with E-state index >= 15 is 0 Å². The van der Waals surface area contributed by atoms with Gasteiger partial charge in [-0.2, -0.15) is 0 Å². The lowest BCUT2D eigenvalue weighted by Crippen LogP contribution is -2.41. The summed E-state index contributed by atoms with van der Waals surface area (Å²) in [5, 5.41) is 12.1. The van der Waals surface area contributed by atoms with Crippen LogP contribution in [0.1, 0.15) is 38.4 Å². The summed E-state index contributed by atoms with van der Waals surface area (Å²) in [5.41, 5.74) is 0. The minimum absolute atomic E-state index is 0.104. The van der Waals surface area contributed by atoms with Crippen LogP contribution in [0.5, 0.6) is 11.5 Å². The number of fused-ring (bicyclic) bond motifs is 1. The number of ether oxygens (including phenoxy) is 2. The number of benzene rings is 1. The summed E-state index contributed by atoms with van der Waals surface area (Å²) in [5.74, 6) is 2.48. The van der Waals surface area contributed by atoms with Gasteiger partial charge in [-0.3, -0.25) is 9.59 Å². The van der Waals surface area contributed by atoms with Crippen molar-refractivity contribution < 1.29 is 19.1 Å². The van der Waals surface area contributed by atoms with Crippen molar-refractivity contribution >= 4 is 23.6 Å². The maximum absolute atomic E-state index is 12.4. The molecule has 0 aliphatic carbocycles. The van der Waals surface area contributed by atoms with E-state index in [1.54, 1.807) is 0 Å². The number of amides is 2. The molecule has 1 saturated heterocycles. The summed E-state index contributed by atoms with van der Waals surface area (Å²) < 4.78 is 13.5. The molecule has 2 aromatic rings. The molecular formula is C22H29N5O4S. The zero-order chi connectivity index (χ0) is 22.3. The smallest absolute Gasteiger partial charge is 0.230 e. The van der Waals surface area contributed by atoms with Crippen molar-refractivity contribution in [2.45, 2.75) is 57.0 Å². The molecule has 0 saturated carbocycles. The van der Waals surface area contributed by atoms with Crippen molar-refractivity contribution in [3.05, 3.63) is 30.1 Å². The topological polar surface area (TPSA) is 98.6 Å². The van der Waals surface area contributed by atoms with Crippen molar-refractivity contribution in [1.29, 1.82) is 0 Å². The van der Waals surface area contributed by atoms with E-state index in [1.165, 1.54) is 11.8 Å². The van der Waals surface area contributed by atoms with Crippen molar-refractivity contribution in [3.63, 3.8) is 0 Å². The van der Waals surface area contributed by atoms with Gasteiger partial charge in [0, 0.05) is 19.5 Å². The number of nitrogens with zero attached hydrogens (tertiary/aromatic N) is 4. The fourth-order valence-electron chi connectivity index (χ4n) is 3.81. The Bertz CT molecular complexity index is 950. The molecule has 172 valence electrons. The monoisotopic (exact) mass is 459 g/mol. The summed E-state index contributed by atoms with van der Waals surface area (Å²) in [6.45, 7) is 4.69. The summed E-state index contributed by atoms with van der Waals surface area (Å²) in [6, 6.07) is 7.50. The Kier molecular flexibility index (Phi) is 7.51. The predicted octanol–water partition coefficient (Wildman–Crippen LogP) is 2.25. The van der Waals surface area contributed by atoms with E-state index in [0.717, 1.165) is 37.4 Å². The first-order valence-electron chi connectivity index (χ1n) is 11.1. The second-order valence-corrected chi connectivity index (χ2v) is 8.80. The van der Waals surface area contributed by atoms with E-state index in [2.05, 4.69) is 15.5 Å². The van der Waals surface area contributed by atoms with Crippen molar-refractivity contribution in [1.82, 2.24) is 25.0 Å². The average Bonchev–Trinajstić information content (AvgIpc) is 3.09. The fraction of sp³-hybridized carbons (Fsp3) is 0.545. The molecule has 1 unspecified atom stereocenters. The highest BCUT2D eigenvalue weighted by Gasteiger charge is 2.23. The number of thioether (sulfide) groups is 1. The molecule has 9 nitrogen and oxygen atoms in total. The first-order valence-corrected chi connectivity index (χ1v) is 12.1. The van der Waals surface area contributed by atoms with Gasteiger partial charge in [0.05, 0.1) is 18.8 Å². The molecule has 2 aliphatic rings. The quantitative estimate of drug-likeness (QED) is 0.605. The number of para-hydroxylation sites is 2. The molecule has 0 radical (unpaired) electrons. The Balaban J connectivity index is 1.26. The Morgan fingerprint density at radius 3 is 2.91 bits per heavy atom. The molecular weight excluding hydrogens is 430 g/mol. The van der Waals surface area contributed by atoms with Gasteiger partial charge in [0.2, 0.25) is 11.8 Å². The molecule has 1 aromatic carbocycles. The summed E-state index contributed by atoms with van der Waals surface area (Å²) in [7, 11) is 0. The van der Waals surface area contributed by atoms with Crippen molar-refractivity contribution in [2.75, 3.05) is 25.4 Å². The number of aromatic nitrogens is 3. The van der Waals surface area contributed by atoms with Crippen LogP contribution >= 0.6 is 11.8 Å². The largest absolute Gasteiger partial charge is 0.486 e. The van der Waals surface area contributed by atoms with Crippen LogP contribution in [0.3, 0.4) is 0 Å². The minimum atomic E-state index is -0.226. The molecule has 3 heterocycles. The highest BCUT2D eigenvalue weighted by molar-refractivity contribution is 7.99. The lowest BCUT2D eigenvalue weighted by Gasteiger charge is -2.26.